The lowest BCUT2D eigenvalue weighted by Gasteiger charge is -2.33. The van der Waals surface area contributed by atoms with Crippen molar-refractivity contribution in [3.63, 3.8) is 0 Å². The van der Waals surface area contributed by atoms with Crippen LogP contribution in [0.4, 0.5) is 11.6 Å². The number of anilines is 2. The maximum Gasteiger partial charge on any atom is 0.253 e. The van der Waals surface area contributed by atoms with Crippen molar-refractivity contribution in [3.05, 3.63) is 126 Å². The summed E-state index contributed by atoms with van der Waals surface area (Å²) in [4.78, 5) is 38.9. The smallest absolute Gasteiger partial charge is 0.253 e. The molecule has 3 aliphatic heterocycles. The average Bonchev–Trinajstić information content (AvgIpc) is 3.45. The van der Waals surface area contributed by atoms with Crippen LogP contribution in [0.3, 0.4) is 0 Å². The fourth-order valence-corrected chi connectivity index (χ4v) is 5.77. The fraction of sp³-hybridized carbons (Fsp3) is 0.257. The van der Waals surface area contributed by atoms with Gasteiger partial charge >= 0.3 is 0 Å². The van der Waals surface area contributed by atoms with E-state index in [1.807, 2.05) is 71.5 Å². The van der Waals surface area contributed by atoms with Gasteiger partial charge in [-0.2, -0.15) is 0 Å². The average molecular weight is 603 g/mol. The highest BCUT2D eigenvalue weighted by molar-refractivity contribution is 6.00. The van der Waals surface area contributed by atoms with Crippen LogP contribution in [-0.2, 0) is 4.79 Å². The van der Waals surface area contributed by atoms with Gasteiger partial charge in [-0.1, -0.05) is 42.5 Å². The lowest BCUT2D eigenvalue weighted by molar-refractivity contribution is -0.111. The normalized spacial score (nSPS) is 19.4. The number of nitrogens with zero attached hydrogens (tertiary/aromatic N) is 5. The molecule has 1 aromatic heterocycles. The Bertz CT molecular complexity index is 1650. The van der Waals surface area contributed by atoms with Crippen LogP contribution in [0.2, 0.25) is 0 Å². The van der Waals surface area contributed by atoms with E-state index in [0.29, 0.717) is 36.8 Å². The van der Waals surface area contributed by atoms with Crippen molar-refractivity contribution >= 4 is 29.0 Å². The molecule has 10 nitrogen and oxygen atoms in total. The number of carbonyl (C=O) groups excluding carboxylic acids is 2. The van der Waals surface area contributed by atoms with Gasteiger partial charge in [0.2, 0.25) is 11.9 Å². The summed E-state index contributed by atoms with van der Waals surface area (Å²) in [5.74, 6) is 0.306. The minimum absolute atomic E-state index is 0.0174. The standard InChI is InChI=1S/C35H38N8O2/c1-41(2)21-9-14-31(44)37-27-17-15-26(16-18-27)34(45)42-22-8-12-28(24-42)38-35-36-20-19-29(39-35)32-30-13-6-7-23-43(30)40-33(32)25-10-4-3-5-11-25/h3-7,9-11,13-20,23,28,33,40H,8,12,21-22,24H2,1-2H3,(H,37,44)(H,36,38,39)/b14-9+. The molecule has 3 N–H and O–H groups in total. The van der Waals surface area contributed by atoms with Gasteiger partial charge in [0.15, 0.2) is 0 Å². The zero-order valence-corrected chi connectivity index (χ0v) is 25.6. The molecule has 2 amide bonds. The molecule has 1 fully saturated rings. The molecule has 4 heterocycles. The van der Waals surface area contributed by atoms with E-state index < -0.39 is 0 Å². The number of rotatable bonds is 9. The maximum absolute atomic E-state index is 13.4. The van der Waals surface area contributed by atoms with Crippen LogP contribution >= 0.6 is 0 Å². The predicted molar refractivity (Wildman–Crippen MR) is 177 cm³/mol. The van der Waals surface area contributed by atoms with Crippen LogP contribution in [0.5, 0.6) is 0 Å². The highest BCUT2D eigenvalue weighted by Gasteiger charge is 2.33. The van der Waals surface area contributed by atoms with Crippen LogP contribution in [-0.4, -0.2) is 76.4 Å². The number of fused-ring (bicyclic) bond motifs is 1. The third-order valence-corrected chi connectivity index (χ3v) is 7.94. The Kier molecular flexibility index (Phi) is 9.14. The molecule has 0 aliphatic carbocycles. The number of benzene rings is 2. The van der Waals surface area contributed by atoms with Crippen molar-refractivity contribution in [3.8, 4) is 0 Å². The molecule has 10 heteroatoms. The zero-order valence-electron chi connectivity index (χ0n) is 25.6. The van der Waals surface area contributed by atoms with Gasteiger partial charge in [0.25, 0.3) is 5.91 Å². The lowest BCUT2D eigenvalue weighted by atomic mass is 9.96. The molecule has 45 heavy (non-hydrogen) atoms. The third kappa shape index (κ3) is 7.19. The molecule has 2 unspecified atom stereocenters. The highest BCUT2D eigenvalue weighted by atomic mass is 16.2. The Labute approximate surface area is 263 Å². The molecule has 3 aliphatic rings. The quantitative estimate of drug-likeness (QED) is 0.305. The third-order valence-electron chi connectivity index (χ3n) is 7.94. The Morgan fingerprint density at radius 2 is 1.89 bits per heavy atom. The number of hydrazine groups is 1. The van der Waals surface area contributed by atoms with E-state index >= 15 is 0 Å². The second kappa shape index (κ2) is 13.7. The molecule has 6 rings (SSSR count). The Hall–Kier alpha value is -5.06. The number of piperidine rings is 1. The van der Waals surface area contributed by atoms with Crippen LogP contribution in [0.15, 0.2) is 109 Å². The Morgan fingerprint density at radius 1 is 1.07 bits per heavy atom. The minimum atomic E-state index is -0.201. The molecular formula is C35H38N8O2. The second-order valence-corrected chi connectivity index (χ2v) is 11.6. The van der Waals surface area contributed by atoms with Crippen molar-refractivity contribution in [1.29, 1.82) is 0 Å². The van der Waals surface area contributed by atoms with Crippen molar-refractivity contribution in [1.82, 2.24) is 30.2 Å². The summed E-state index contributed by atoms with van der Waals surface area (Å²) in [6.45, 7) is 1.91. The van der Waals surface area contributed by atoms with Gasteiger partial charge in [-0.05, 0) is 75.0 Å². The van der Waals surface area contributed by atoms with Crippen molar-refractivity contribution in [2.75, 3.05) is 44.4 Å². The molecule has 0 spiro atoms. The van der Waals surface area contributed by atoms with Crippen LogP contribution in [0, 0.1) is 0 Å². The molecule has 2 atom stereocenters. The van der Waals surface area contributed by atoms with Gasteiger partial charge in [-0.15, -0.1) is 0 Å². The Morgan fingerprint density at radius 3 is 2.69 bits per heavy atom. The first-order chi connectivity index (χ1) is 21.9. The summed E-state index contributed by atoms with van der Waals surface area (Å²) in [5, 5.41) is 8.38. The summed E-state index contributed by atoms with van der Waals surface area (Å²) < 4.78 is 0. The molecule has 0 saturated carbocycles. The SMILES string of the molecule is CN(C)C/C=C/C(=O)Nc1ccc(C(=O)N2CCCC(Nc3nccc(C4=C5C=CC=CN5NC4c4ccccc4)n3)C2)cc1. The molecule has 1 saturated heterocycles. The van der Waals surface area contributed by atoms with Crippen molar-refractivity contribution in [2.24, 2.45) is 0 Å². The molecule has 3 aromatic rings. The van der Waals surface area contributed by atoms with Gasteiger partial charge < -0.3 is 20.4 Å². The first-order valence-corrected chi connectivity index (χ1v) is 15.3. The topological polar surface area (TPSA) is 106 Å². The van der Waals surface area contributed by atoms with Gasteiger partial charge in [0, 0.05) is 61.0 Å². The molecule has 2 aromatic carbocycles. The number of likely N-dealkylation sites (N-methyl/N-ethyl adjacent to an activating group) is 1. The number of hydrogen-bond acceptors (Lipinski definition) is 8. The second-order valence-electron chi connectivity index (χ2n) is 11.6. The fourth-order valence-electron chi connectivity index (χ4n) is 5.77. The van der Waals surface area contributed by atoms with Gasteiger partial charge in [-0.3, -0.25) is 14.6 Å². The summed E-state index contributed by atoms with van der Waals surface area (Å²) >= 11 is 0. The summed E-state index contributed by atoms with van der Waals surface area (Å²) in [7, 11) is 3.88. The first-order valence-electron chi connectivity index (χ1n) is 15.3. The van der Waals surface area contributed by atoms with E-state index in [1.54, 1.807) is 36.5 Å². The van der Waals surface area contributed by atoms with Gasteiger partial charge in [0.1, 0.15) is 0 Å². The zero-order chi connectivity index (χ0) is 31.2. The number of carbonyl (C=O) groups is 2. The van der Waals surface area contributed by atoms with Crippen molar-refractivity contribution < 1.29 is 9.59 Å². The number of aromatic nitrogens is 2. The van der Waals surface area contributed by atoms with E-state index in [4.69, 9.17) is 4.98 Å². The molecule has 0 radical (unpaired) electrons. The molecule has 230 valence electrons. The summed E-state index contributed by atoms with van der Waals surface area (Å²) in [6, 6.07) is 19.3. The summed E-state index contributed by atoms with van der Waals surface area (Å²) in [5.41, 5.74) is 8.95. The van der Waals surface area contributed by atoms with Crippen molar-refractivity contribution in [2.45, 2.75) is 24.9 Å². The molecule has 0 bridgehead atoms. The van der Waals surface area contributed by atoms with Crippen LogP contribution in [0.1, 0.15) is 40.5 Å². The number of amides is 2. The maximum atomic E-state index is 13.4. The Balaban J connectivity index is 1.12. The monoisotopic (exact) mass is 602 g/mol. The van der Waals surface area contributed by atoms with Gasteiger partial charge in [-0.25, -0.2) is 15.4 Å². The summed E-state index contributed by atoms with van der Waals surface area (Å²) in [6.07, 6.45) is 15.0. The highest BCUT2D eigenvalue weighted by Crippen LogP contribution is 2.40. The number of allylic oxidation sites excluding steroid dienone is 3. The number of likely N-dealkylation sites (tertiary alicyclic amines) is 1. The van der Waals surface area contributed by atoms with E-state index in [1.165, 1.54) is 6.08 Å². The van der Waals surface area contributed by atoms with E-state index in [2.05, 4.69) is 39.3 Å². The first kappa shape index (κ1) is 30.0. The van der Waals surface area contributed by atoms with E-state index in [-0.39, 0.29) is 23.9 Å². The number of nitrogens with one attached hydrogen (secondary N) is 3. The minimum Gasteiger partial charge on any atom is -0.350 e. The lowest BCUT2D eigenvalue weighted by Crippen LogP contribution is -2.45. The van der Waals surface area contributed by atoms with E-state index in [9.17, 15) is 9.59 Å². The van der Waals surface area contributed by atoms with Gasteiger partial charge in [0.05, 0.1) is 17.4 Å². The van der Waals surface area contributed by atoms with Crippen LogP contribution < -0.4 is 16.1 Å². The van der Waals surface area contributed by atoms with E-state index in [0.717, 1.165) is 35.4 Å². The predicted octanol–water partition coefficient (Wildman–Crippen LogP) is 4.61. The molecular weight excluding hydrogens is 564 g/mol. The largest absolute Gasteiger partial charge is 0.350 e. The number of hydrogen-bond donors (Lipinski definition) is 3. The van der Waals surface area contributed by atoms with Crippen LogP contribution in [0.25, 0.3) is 5.57 Å².